The molecule has 0 aromatic heterocycles. The number of nitro groups is 1. The highest BCUT2D eigenvalue weighted by Gasteiger charge is 2.52. The number of thioether (sulfide) groups is 1. The maximum absolute atomic E-state index is 13.4. The Kier molecular flexibility index (Phi) is 11.8. The Bertz CT molecular complexity index is 1400. The number of ether oxygens (including phenoxy) is 2. The first-order valence-electron chi connectivity index (χ1n) is 12.8. The summed E-state index contributed by atoms with van der Waals surface area (Å²) in [6.07, 6.45) is -0.0687. The van der Waals surface area contributed by atoms with Gasteiger partial charge in [0.1, 0.15) is 23.7 Å². The Morgan fingerprint density at radius 2 is 1.79 bits per heavy atom. The third kappa shape index (κ3) is 8.46. The standard InChI is InChI=1S/C28H29Cl2N3O8S/c1-4-40-23(35)11-12-42-27-24(31-22(34)14-18-13-19(29)7-10-21(18)30)26(36)32(27)25(16(2)3)28(37)41-15-17-5-8-20(9-6-17)33(38)39/h5-10,13,24,27H,4,11-12,14-15H2,1-3H3,(H,31,34). The number of allylic oxidation sites excluding steroid dienone is 1. The predicted molar refractivity (Wildman–Crippen MR) is 158 cm³/mol. The summed E-state index contributed by atoms with van der Waals surface area (Å²) in [5.41, 5.74) is 1.39. The van der Waals surface area contributed by atoms with Crippen molar-refractivity contribution in [3.8, 4) is 0 Å². The van der Waals surface area contributed by atoms with Gasteiger partial charge in [-0.25, -0.2) is 4.79 Å². The molecule has 1 N–H and O–H groups in total. The molecule has 2 aromatic carbocycles. The lowest BCUT2D eigenvalue weighted by molar-refractivity contribution is -0.384. The lowest BCUT2D eigenvalue weighted by atomic mass is 10.0. The highest BCUT2D eigenvalue weighted by molar-refractivity contribution is 8.00. The van der Waals surface area contributed by atoms with Crippen LogP contribution in [0.5, 0.6) is 0 Å². The van der Waals surface area contributed by atoms with Gasteiger partial charge in [0, 0.05) is 27.9 Å². The summed E-state index contributed by atoms with van der Waals surface area (Å²) in [6, 6.07) is 9.26. The molecule has 2 amide bonds. The van der Waals surface area contributed by atoms with Crippen molar-refractivity contribution in [1.29, 1.82) is 0 Å². The van der Waals surface area contributed by atoms with E-state index in [1.54, 1.807) is 39.0 Å². The fraction of sp³-hybridized carbons (Fsp3) is 0.357. The van der Waals surface area contributed by atoms with Crippen LogP contribution in [0.1, 0.15) is 38.3 Å². The van der Waals surface area contributed by atoms with E-state index >= 15 is 0 Å². The number of benzene rings is 2. The van der Waals surface area contributed by atoms with Crippen molar-refractivity contribution in [1.82, 2.24) is 10.2 Å². The molecule has 2 atom stereocenters. The Morgan fingerprint density at radius 1 is 1.10 bits per heavy atom. The lowest BCUT2D eigenvalue weighted by Gasteiger charge is -2.47. The fourth-order valence-electron chi connectivity index (χ4n) is 4.05. The molecule has 224 valence electrons. The number of nitrogens with zero attached hydrogens (tertiary/aromatic N) is 2. The average Bonchev–Trinajstić information content (AvgIpc) is 2.94. The largest absolute Gasteiger partial charge is 0.466 e. The summed E-state index contributed by atoms with van der Waals surface area (Å²) >= 11 is 13.4. The Balaban J connectivity index is 1.75. The molecule has 1 fully saturated rings. The second kappa shape index (κ2) is 15.0. The number of nitro benzene ring substituents is 1. The number of carbonyl (C=O) groups excluding carboxylic acids is 4. The van der Waals surface area contributed by atoms with Crippen LogP contribution in [-0.2, 0) is 41.7 Å². The van der Waals surface area contributed by atoms with Crippen LogP contribution in [0, 0.1) is 10.1 Å². The van der Waals surface area contributed by atoms with Crippen LogP contribution in [0.4, 0.5) is 5.69 Å². The number of likely N-dealkylation sites (tertiary alicyclic amines) is 1. The first kappa shape index (κ1) is 32.9. The van der Waals surface area contributed by atoms with E-state index < -0.39 is 40.1 Å². The molecule has 1 heterocycles. The van der Waals surface area contributed by atoms with E-state index in [9.17, 15) is 29.3 Å². The van der Waals surface area contributed by atoms with E-state index in [1.807, 2.05) is 0 Å². The summed E-state index contributed by atoms with van der Waals surface area (Å²) in [4.78, 5) is 62.9. The molecule has 42 heavy (non-hydrogen) atoms. The number of hydrogen-bond donors (Lipinski definition) is 1. The van der Waals surface area contributed by atoms with E-state index in [2.05, 4.69) is 5.32 Å². The van der Waals surface area contributed by atoms with Crippen molar-refractivity contribution in [2.45, 2.75) is 51.6 Å². The molecule has 1 aliphatic heterocycles. The van der Waals surface area contributed by atoms with Crippen LogP contribution in [0.15, 0.2) is 53.7 Å². The van der Waals surface area contributed by atoms with Crippen LogP contribution >= 0.6 is 35.0 Å². The predicted octanol–water partition coefficient (Wildman–Crippen LogP) is 4.82. The number of hydrogen-bond acceptors (Lipinski definition) is 9. The van der Waals surface area contributed by atoms with Gasteiger partial charge in [-0.1, -0.05) is 23.2 Å². The third-order valence-electron chi connectivity index (χ3n) is 6.04. The second-order valence-corrected chi connectivity index (χ2v) is 11.4. The summed E-state index contributed by atoms with van der Waals surface area (Å²) < 4.78 is 10.4. The van der Waals surface area contributed by atoms with Gasteiger partial charge < -0.3 is 14.8 Å². The minimum atomic E-state index is -0.987. The van der Waals surface area contributed by atoms with Gasteiger partial charge in [-0.15, -0.1) is 11.8 Å². The third-order valence-corrected chi connectivity index (χ3v) is 7.91. The quantitative estimate of drug-likeness (QED) is 0.107. The lowest BCUT2D eigenvalue weighted by Crippen LogP contribution is -2.69. The van der Waals surface area contributed by atoms with Crippen molar-refractivity contribution >= 4 is 64.4 Å². The highest BCUT2D eigenvalue weighted by atomic mass is 35.5. The van der Waals surface area contributed by atoms with Crippen molar-refractivity contribution < 1.29 is 33.6 Å². The summed E-state index contributed by atoms with van der Waals surface area (Å²) in [7, 11) is 0. The van der Waals surface area contributed by atoms with Gasteiger partial charge >= 0.3 is 11.9 Å². The van der Waals surface area contributed by atoms with Gasteiger partial charge in [-0.3, -0.25) is 29.4 Å². The Morgan fingerprint density at radius 3 is 2.40 bits per heavy atom. The van der Waals surface area contributed by atoms with Gasteiger partial charge in [0.15, 0.2) is 0 Å². The molecule has 0 radical (unpaired) electrons. The maximum Gasteiger partial charge on any atom is 0.355 e. The number of halogens is 2. The summed E-state index contributed by atoms with van der Waals surface area (Å²) in [5, 5.41) is 13.6. The van der Waals surface area contributed by atoms with Gasteiger partial charge in [0.2, 0.25) is 5.91 Å². The minimum Gasteiger partial charge on any atom is -0.466 e. The zero-order valence-corrected chi connectivity index (χ0v) is 25.4. The van der Waals surface area contributed by atoms with Crippen LogP contribution in [-0.4, -0.2) is 57.4 Å². The first-order chi connectivity index (χ1) is 19.9. The minimum absolute atomic E-state index is 0.000990. The molecule has 2 aromatic rings. The summed E-state index contributed by atoms with van der Waals surface area (Å²) in [5.74, 6) is -1.95. The second-order valence-electron chi connectivity index (χ2n) is 9.33. The van der Waals surface area contributed by atoms with Crippen LogP contribution in [0.3, 0.4) is 0 Å². The molecular formula is C28H29Cl2N3O8S. The fourth-order valence-corrected chi connectivity index (χ4v) is 5.69. The van der Waals surface area contributed by atoms with Crippen molar-refractivity contribution in [3.63, 3.8) is 0 Å². The molecule has 0 aliphatic carbocycles. The highest BCUT2D eigenvalue weighted by Crippen LogP contribution is 2.36. The molecule has 1 saturated heterocycles. The number of nitrogens with one attached hydrogen (secondary N) is 1. The molecule has 0 spiro atoms. The zero-order valence-electron chi connectivity index (χ0n) is 23.1. The van der Waals surface area contributed by atoms with E-state index in [4.69, 9.17) is 32.7 Å². The topological polar surface area (TPSA) is 145 Å². The number of amides is 2. The molecular weight excluding hydrogens is 609 g/mol. The number of esters is 2. The van der Waals surface area contributed by atoms with E-state index in [0.29, 0.717) is 26.7 Å². The number of carbonyl (C=O) groups is 4. The molecule has 14 heteroatoms. The number of β-lactam (4-membered cyclic amide) rings is 1. The van der Waals surface area contributed by atoms with E-state index in [1.165, 1.54) is 40.9 Å². The van der Waals surface area contributed by atoms with Gasteiger partial charge in [0.05, 0.1) is 24.4 Å². The van der Waals surface area contributed by atoms with Crippen LogP contribution in [0.2, 0.25) is 10.0 Å². The Hall–Kier alpha value is -3.61. The maximum atomic E-state index is 13.4. The van der Waals surface area contributed by atoms with E-state index in [-0.39, 0.29) is 43.2 Å². The SMILES string of the molecule is CCOC(=O)CCSC1C(NC(=O)Cc2cc(Cl)ccc2Cl)C(=O)N1C(C(=O)OCc1ccc([N+](=O)[O-])cc1)=C(C)C. The zero-order chi connectivity index (χ0) is 31.0. The number of rotatable bonds is 13. The molecule has 11 nitrogen and oxygen atoms in total. The van der Waals surface area contributed by atoms with Crippen molar-refractivity contribution in [2.24, 2.45) is 0 Å². The molecule has 0 bridgehead atoms. The van der Waals surface area contributed by atoms with Crippen LogP contribution < -0.4 is 5.32 Å². The average molecular weight is 639 g/mol. The van der Waals surface area contributed by atoms with Crippen molar-refractivity contribution in [3.05, 3.63) is 85.0 Å². The molecule has 3 rings (SSSR count). The van der Waals surface area contributed by atoms with Crippen molar-refractivity contribution in [2.75, 3.05) is 12.4 Å². The Labute approximate surface area is 256 Å². The molecule has 2 unspecified atom stereocenters. The first-order valence-corrected chi connectivity index (χ1v) is 14.6. The smallest absolute Gasteiger partial charge is 0.355 e. The monoisotopic (exact) mass is 637 g/mol. The molecule has 1 aliphatic rings. The van der Waals surface area contributed by atoms with Gasteiger partial charge in [-0.05, 0) is 67.8 Å². The molecule has 0 saturated carbocycles. The van der Waals surface area contributed by atoms with Gasteiger partial charge in [0.25, 0.3) is 11.6 Å². The van der Waals surface area contributed by atoms with Gasteiger partial charge in [-0.2, -0.15) is 0 Å². The van der Waals surface area contributed by atoms with E-state index in [0.717, 1.165) is 0 Å². The van der Waals surface area contributed by atoms with Crippen LogP contribution in [0.25, 0.3) is 0 Å². The normalized spacial score (nSPS) is 15.8. The summed E-state index contributed by atoms with van der Waals surface area (Å²) in [6.45, 7) is 5.02. The number of non-ortho nitro benzene ring substituents is 1.